The second kappa shape index (κ2) is 24.8. The molecule has 6 N–H and O–H groups in total. The summed E-state index contributed by atoms with van der Waals surface area (Å²) in [6.45, 7) is 5.61. The fourth-order valence-corrected chi connectivity index (χ4v) is 7.82. The van der Waals surface area contributed by atoms with Gasteiger partial charge < -0.3 is 40.3 Å². The van der Waals surface area contributed by atoms with E-state index < -0.39 is 11.9 Å². The molecule has 2 atom stereocenters. The molecular weight excluding hydrogens is 869 g/mol. The molecule has 0 fully saturated rings. The number of oxazole rings is 2. The zero-order valence-corrected chi connectivity index (χ0v) is 39.1. The Balaban J connectivity index is 0.000000204. The van der Waals surface area contributed by atoms with Crippen molar-refractivity contribution < 1.29 is 33.4 Å². The molecule has 0 aliphatic heterocycles. The summed E-state index contributed by atoms with van der Waals surface area (Å²) >= 11 is 0. The summed E-state index contributed by atoms with van der Waals surface area (Å²) < 4.78 is 11.8. The quantitative estimate of drug-likeness (QED) is 0.0333. The molecule has 1 amide bonds. The molecule has 69 heavy (non-hydrogen) atoms. The number of rotatable bonds is 23. The molecular formula is C56H60N6O7. The molecule has 0 radical (unpaired) electrons. The first-order chi connectivity index (χ1) is 33.6. The molecule has 2 heterocycles. The zero-order valence-electron chi connectivity index (χ0n) is 39.1. The van der Waals surface area contributed by atoms with Gasteiger partial charge in [-0.25, -0.2) is 9.97 Å². The number of carbonyl (C=O) groups is 3. The fraction of sp³-hybridized carbons (Fsp3) is 0.268. The Morgan fingerprint density at radius 2 is 1.00 bits per heavy atom. The van der Waals surface area contributed by atoms with Gasteiger partial charge >= 0.3 is 11.9 Å². The maximum Gasteiger partial charge on any atom is 0.305 e. The summed E-state index contributed by atoms with van der Waals surface area (Å²) in [5, 5.41) is 30.5. The molecule has 0 aliphatic carbocycles. The van der Waals surface area contributed by atoms with E-state index in [1.54, 1.807) is 12.1 Å². The molecule has 6 aromatic carbocycles. The molecule has 0 aliphatic rings. The van der Waals surface area contributed by atoms with Crippen LogP contribution in [0.1, 0.15) is 104 Å². The minimum atomic E-state index is -0.940. The zero-order chi connectivity index (χ0) is 48.4. The number of anilines is 2. The van der Waals surface area contributed by atoms with Gasteiger partial charge in [0.05, 0.1) is 24.9 Å². The van der Waals surface area contributed by atoms with Crippen LogP contribution in [-0.4, -0.2) is 51.1 Å². The largest absolute Gasteiger partial charge is 0.481 e. The lowest BCUT2D eigenvalue weighted by Crippen LogP contribution is -2.25. The Morgan fingerprint density at radius 3 is 1.45 bits per heavy atom. The summed E-state index contributed by atoms with van der Waals surface area (Å²) in [6, 6.07) is 48.1. The smallest absolute Gasteiger partial charge is 0.305 e. The van der Waals surface area contributed by atoms with E-state index in [-0.39, 0.29) is 37.4 Å². The SMILES string of the molecule is CCCC[C@H](Nc1ccc(C(=O)NCCC(=O)O)cc1)c1ccc(-c2nc3ccccc3o2)cc1.CCCC[C@H](Nc1ccc(CNCCC(=O)O)cc1)c1ccc(-c2nc3ccccc3o2)cc1. The highest BCUT2D eigenvalue weighted by Crippen LogP contribution is 2.31. The minimum absolute atomic E-state index is 0.102. The van der Waals surface area contributed by atoms with Crippen molar-refractivity contribution in [1.29, 1.82) is 0 Å². The number of benzene rings is 6. The average Bonchev–Trinajstić information content (AvgIpc) is 4.02. The van der Waals surface area contributed by atoms with Crippen molar-refractivity contribution in [3.05, 3.63) is 168 Å². The maximum atomic E-state index is 12.2. The van der Waals surface area contributed by atoms with Crippen LogP contribution in [0.2, 0.25) is 0 Å². The van der Waals surface area contributed by atoms with Crippen LogP contribution < -0.4 is 21.3 Å². The Kier molecular flexibility index (Phi) is 17.7. The van der Waals surface area contributed by atoms with Gasteiger partial charge in [-0.1, -0.05) is 100 Å². The lowest BCUT2D eigenvalue weighted by atomic mass is 9.99. The monoisotopic (exact) mass is 928 g/mol. The number of aromatic nitrogens is 2. The number of hydrogen-bond donors (Lipinski definition) is 6. The van der Waals surface area contributed by atoms with Gasteiger partial charge in [0.15, 0.2) is 11.2 Å². The topological polar surface area (TPSA) is 192 Å². The Bertz CT molecular complexity index is 2810. The van der Waals surface area contributed by atoms with Gasteiger partial charge in [-0.05, 0) is 114 Å². The van der Waals surface area contributed by atoms with E-state index in [4.69, 9.17) is 19.0 Å². The van der Waals surface area contributed by atoms with Gasteiger partial charge in [0, 0.05) is 47.7 Å². The standard InChI is InChI=1S/C28H29N3O4.C28H31N3O3/c1-2-3-6-23(30-22-15-13-20(14-16-22)27(34)29-18-17-26(32)33)19-9-11-21(12-10-19)28-31-24-7-4-5-8-25(24)35-28;1-2-3-6-24(30-23-15-9-20(10-16-23)19-29-18-17-27(32)33)21-11-13-22(14-12-21)28-31-25-7-4-5-8-26(25)34-28/h4-5,7-16,23,30H,2-3,6,17-18H2,1H3,(H,29,34)(H,32,33);4-5,7-16,24,29-30H,2-3,6,17-19H2,1H3,(H,32,33)/t23-;24-/m00/s1. The van der Waals surface area contributed by atoms with Gasteiger partial charge in [-0.2, -0.15) is 0 Å². The number of hydrogen-bond acceptors (Lipinski definition) is 10. The molecule has 0 bridgehead atoms. The summed E-state index contributed by atoms with van der Waals surface area (Å²) in [6.07, 6.45) is 6.48. The van der Waals surface area contributed by atoms with Crippen LogP contribution in [0.4, 0.5) is 11.4 Å². The maximum absolute atomic E-state index is 12.2. The van der Waals surface area contributed by atoms with Crippen LogP contribution >= 0.6 is 0 Å². The summed E-state index contributed by atoms with van der Waals surface area (Å²) in [4.78, 5) is 42.6. The Hall–Kier alpha value is -7.77. The third-order valence-electron chi connectivity index (χ3n) is 11.7. The molecule has 2 aromatic heterocycles. The van der Waals surface area contributed by atoms with Crippen molar-refractivity contribution in [2.45, 2.75) is 83.8 Å². The predicted molar refractivity (Wildman–Crippen MR) is 272 cm³/mol. The van der Waals surface area contributed by atoms with E-state index in [9.17, 15) is 14.4 Å². The van der Waals surface area contributed by atoms with Crippen LogP contribution in [0.3, 0.4) is 0 Å². The van der Waals surface area contributed by atoms with Crippen LogP contribution in [0.15, 0.2) is 154 Å². The van der Waals surface area contributed by atoms with Crippen molar-refractivity contribution in [3.63, 3.8) is 0 Å². The highest BCUT2D eigenvalue weighted by atomic mass is 16.4. The van der Waals surface area contributed by atoms with Crippen molar-refractivity contribution in [2.75, 3.05) is 23.7 Å². The molecule has 13 heteroatoms. The molecule has 0 saturated heterocycles. The summed E-state index contributed by atoms with van der Waals surface area (Å²) in [7, 11) is 0. The van der Waals surface area contributed by atoms with Crippen LogP contribution in [0.5, 0.6) is 0 Å². The van der Waals surface area contributed by atoms with Gasteiger partial charge in [0.25, 0.3) is 5.91 Å². The van der Waals surface area contributed by atoms with E-state index in [1.165, 1.54) is 5.56 Å². The first-order valence-corrected chi connectivity index (χ1v) is 23.7. The first-order valence-electron chi connectivity index (χ1n) is 23.7. The van der Waals surface area contributed by atoms with E-state index >= 15 is 0 Å². The Morgan fingerprint density at radius 1 is 0.551 bits per heavy atom. The van der Waals surface area contributed by atoms with Crippen molar-refractivity contribution in [1.82, 2.24) is 20.6 Å². The van der Waals surface area contributed by atoms with E-state index in [2.05, 4.69) is 106 Å². The van der Waals surface area contributed by atoms with Crippen molar-refractivity contribution in [2.24, 2.45) is 0 Å². The first kappa shape index (κ1) is 49.1. The van der Waals surface area contributed by atoms with E-state index in [0.29, 0.717) is 30.4 Å². The van der Waals surface area contributed by atoms with Crippen LogP contribution in [0.25, 0.3) is 45.1 Å². The lowest BCUT2D eigenvalue weighted by Gasteiger charge is -2.21. The molecule has 0 unspecified atom stereocenters. The minimum Gasteiger partial charge on any atom is -0.481 e. The molecule has 13 nitrogen and oxygen atoms in total. The third-order valence-corrected chi connectivity index (χ3v) is 11.7. The molecule has 8 aromatic rings. The van der Waals surface area contributed by atoms with Gasteiger partial charge in [0.2, 0.25) is 11.8 Å². The normalized spacial score (nSPS) is 11.9. The fourth-order valence-electron chi connectivity index (χ4n) is 7.82. The second-order valence-corrected chi connectivity index (χ2v) is 16.9. The second-order valence-electron chi connectivity index (χ2n) is 16.9. The molecule has 8 rings (SSSR count). The van der Waals surface area contributed by atoms with Crippen LogP contribution in [-0.2, 0) is 16.1 Å². The number of carboxylic acids is 2. The number of amides is 1. The number of carboxylic acid groups (broad SMARTS) is 2. The molecule has 356 valence electrons. The van der Waals surface area contributed by atoms with Gasteiger partial charge in [0.1, 0.15) is 11.0 Å². The number of para-hydroxylation sites is 4. The average molecular weight is 929 g/mol. The highest BCUT2D eigenvalue weighted by Gasteiger charge is 2.16. The number of fused-ring (bicyclic) bond motifs is 2. The van der Waals surface area contributed by atoms with E-state index in [1.807, 2.05) is 72.8 Å². The number of aliphatic carboxylic acids is 2. The van der Waals surface area contributed by atoms with Crippen LogP contribution in [0, 0.1) is 0 Å². The number of unbranched alkanes of at least 4 members (excludes halogenated alkanes) is 2. The molecule has 0 saturated carbocycles. The van der Waals surface area contributed by atoms with Gasteiger partial charge in [-0.15, -0.1) is 0 Å². The lowest BCUT2D eigenvalue weighted by molar-refractivity contribution is -0.137. The predicted octanol–water partition coefficient (Wildman–Crippen LogP) is 12.4. The number of nitrogens with one attached hydrogen (secondary N) is 4. The molecule has 0 spiro atoms. The summed E-state index contributed by atoms with van der Waals surface area (Å²) in [5.74, 6) is -0.765. The van der Waals surface area contributed by atoms with Crippen molar-refractivity contribution in [3.8, 4) is 22.9 Å². The third kappa shape index (κ3) is 14.4. The highest BCUT2D eigenvalue weighted by molar-refractivity contribution is 5.94. The van der Waals surface area contributed by atoms with E-state index in [0.717, 1.165) is 94.4 Å². The number of nitrogens with zero attached hydrogens (tertiary/aromatic N) is 2. The van der Waals surface area contributed by atoms with Gasteiger partial charge in [-0.3, -0.25) is 14.4 Å². The van der Waals surface area contributed by atoms with Crippen molar-refractivity contribution >= 4 is 51.4 Å². The summed E-state index contributed by atoms with van der Waals surface area (Å²) in [5.41, 5.74) is 11.2. The number of carbonyl (C=O) groups excluding carboxylic acids is 1. The Labute approximate surface area is 402 Å².